The average Bonchev–Trinajstić information content (AvgIpc) is 2.60. The lowest BCUT2D eigenvalue weighted by molar-refractivity contribution is -0.384. The minimum absolute atomic E-state index is 0.0820. The third-order valence-corrected chi connectivity index (χ3v) is 2.27. The van der Waals surface area contributed by atoms with Gasteiger partial charge in [0.15, 0.2) is 5.75 Å². The number of fused-ring (bicyclic) bond motifs is 1. The number of benzene rings is 1. The molecule has 7 nitrogen and oxygen atoms in total. The summed E-state index contributed by atoms with van der Waals surface area (Å²) in [6.45, 7) is 0. The van der Waals surface area contributed by atoms with E-state index in [1.54, 1.807) is 0 Å². The van der Waals surface area contributed by atoms with Crippen LogP contribution in [0.4, 0.5) is 5.69 Å². The van der Waals surface area contributed by atoms with Gasteiger partial charge in [-0.15, -0.1) is 5.48 Å². The molecule has 0 fully saturated rings. The van der Waals surface area contributed by atoms with Crippen molar-refractivity contribution in [2.24, 2.45) is 0 Å². The summed E-state index contributed by atoms with van der Waals surface area (Å²) >= 11 is 0. The highest BCUT2D eigenvalue weighted by atomic mass is 16.7. The number of hydrogen-bond donors (Lipinski definition) is 2. The van der Waals surface area contributed by atoms with Crippen LogP contribution in [0.5, 0.6) is 5.75 Å². The number of non-ortho nitro benzene ring substituents is 1. The molecule has 2 N–H and O–H groups in total. The molecule has 0 bridgehead atoms. The predicted molar refractivity (Wildman–Crippen MR) is 51.9 cm³/mol. The number of hydrogen-bond acceptors (Lipinski definition) is 5. The molecule has 0 saturated carbocycles. The minimum Gasteiger partial charge on any atom is -0.481 e. The maximum absolute atomic E-state index is 10.6. The molecular weight excluding hydrogens is 216 g/mol. The van der Waals surface area contributed by atoms with Gasteiger partial charge < -0.3 is 9.94 Å². The van der Waals surface area contributed by atoms with Gasteiger partial charge in [-0.3, -0.25) is 14.9 Å². The third-order valence-electron chi connectivity index (χ3n) is 2.27. The number of nitro benzene ring substituents is 1. The maximum Gasteiger partial charge on any atom is 0.305 e. The van der Waals surface area contributed by atoms with Crippen LogP contribution < -0.4 is 10.3 Å². The van der Waals surface area contributed by atoms with Gasteiger partial charge >= 0.3 is 5.97 Å². The molecule has 0 amide bonds. The largest absolute Gasteiger partial charge is 0.481 e. The second kappa shape index (κ2) is 3.78. The van der Waals surface area contributed by atoms with E-state index in [0.717, 1.165) is 0 Å². The van der Waals surface area contributed by atoms with Crippen LogP contribution in [0.3, 0.4) is 0 Å². The Morgan fingerprint density at radius 2 is 2.38 bits per heavy atom. The van der Waals surface area contributed by atoms with Crippen LogP contribution in [0.1, 0.15) is 18.0 Å². The molecule has 1 aromatic carbocycles. The molecule has 16 heavy (non-hydrogen) atoms. The number of nitrogens with one attached hydrogen (secondary N) is 1. The highest BCUT2D eigenvalue weighted by Crippen LogP contribution is 2.35. The summed E-state index contributed by atoms with van der Waals surface area (Å²) < 4.78 is 0. The number of carboxylic acids is 1. The van der Waals surface area contributed by atoms with Crippen molar-refractivity contribution < 1.29 is 19.7 Å². The van der Waals surface area contributed by atoms with Crippen molar-refractivity contribution in [2.75, 3.05) is 0 Å². The predicted octanol–water partition coefficient (Wildman–Crippen LogP) is 1.01. The van der Waals surface area contributed by atoms with Gasteiger partial charge in [0.25, 0.3) is 5.69 Å². The van der Waals surface area contributed by atoms with Crippen molar-refractivity contribution in [1.82, 2.24) is 5.48 Å². The fraction of sp³-hybridized carbons (Fsp3) is 0.222. The molecule has 0 spiro atoms. The number of carbonyl (C=O) groups is 1. The molecule has 7 heteroatoms. The number of hydroxylamine groups is 1. The van der Waals surface area contributed by atoms with Gasteiger partial charge in [-0.2, -0.15) is 0 Å². The Bertz CT molecular complexity index is 459. The zero-order valence-corrected chi connectivity index (χ0v) is 8.04. The molecule has 0 aliphatic carbocycles. The van der Waals surface area contributed by atoms with Crippen molar-refractivity contribution in [3.8, 4) is 5.75 Å². The Hall–Kier alpha value is -2.15. The van der Waals surface area contributed by atoms with Crippen molar-refractivity contribution in [3.05, 3.63) is 33.9 Å². The van der Waals surface area contributed by atoms with E-state index in [1.807, 2.05) is 0 Å². The minimum atomic E-state index is -1.000. The molecule has 1 heterocycles. The summed E-state index contributed by atoms with van der Waals surface area (Å²) in [5, 5.41) is 19.2. The first-order valence-corrected chi connectivity index (χ1v) is 4.50. The molecule has 0 saturated heterocycles. The smallest absolute Gasteiger partial charge is 0.305 e. The van der Waals surface area contributed by atoms with Gasteiger partial charge in [0.1, 0.15) is 0 Å². The van der Waals surface area contributed by atoms with Crippen LogP contribution in [0.15, 0.2) is 18.2 Å². The van der Waals surface area contributed by atoms with Crippen LogP contribution >= 0.6 is 0 Å². The van der Waals surface area contributed by atoms with Crippen LogP contribution in [0.2, 0.25) is 0 Å². The summed E-state index contributed by atoms with van der Waals surface area (Å²) in [7, 11) is 0. The lowest BCUT2D eigenvalue weighted by atomic mass is 10.0. The van der Waals surface area contributed by atoms with E-state index in [0.29, 0.717) is 11.3 Å². The van der Waals surface area contributed by atoms with Gasteiger partial charge in [0.05, 0.1) is 17.4 Å². The second-order valence-corrected chi connectivity index (χ2v) is 3.35. The number of carboxylic acid groups (broad SMARTS) is 1. The highest BCUT2D eigenvalue weighted by molar-refractivity contribution is 5.68. The maximum atomic E-state index is 10.6. The SMILES string of the molecule is O=C(O)CC1NOc2ccc([N+](=O)[O-])cc21. The first-order chi connectivity index (χ1) is 7.58. The third kappa shape index (κ3) is 1.80. The molecule has 1 aliphatic rings. The number of aliphatic carboxylic acids is 1. The van der Waals surface area contributed by atoms with Crippen LogP contribution in [0, 0.1) is 10.1 Å². The summed E-state index contributed by atoms with van der Waals surface area (Å²) in [6.07, 6.45) is -0.186. The number of nitrogens with zero attached hydrogens (tertiary/aromatic N) is 1. The van der Waals surface area contributed by atoms with Crippen LogP contribution in [-0.2, 0) is 4.79 Å². The van der Waals surface area contributed by atoms with E-state index in [9.17, 15) is 14.9 Å². The molecule has 1 atom stereocenters. The fourth-order valence-corrected chi connectivity index (χ4v) is 1.54. The van der Waals surface area contributed by atoms with Crippen molar-refractivity contribution in [2.45, 2.75) is 12.5 Å². The zero-order valence-electron chi connectivity index (χ0n) is 8.04. The number of rotatable bonds is 3. The highest BCUT2D eigenvalue weighted by Gasteiger charge is 2.28. The van der Waals surface area contributed by atoms with Crippen molar-refractivity contribution in [1.29, 1.82) is 0 Å². The molecule has 1 unspecified atom stereocenters. The lowest BCUT2D eigenvalue weighted by Crippen LogP contribution is -2.19. The Balaban J connectivity index is 2.33. The Kier molecular flexibility index (Phi) is 2.45. The van der Waals surface area contributed by atoms with Gasteiger partial charge in [-0.1, -0.05) is 0 Å². The molecule has 84 valence electrons. The topological polar surface area (TPSA) is 102 Å². The Morgan fingerprint density at radius 1 is 1.62 bits per heavy atom. The zero-order chi connectivity index (χ0) is 11.7. The summed E-state index contributed by atoms with van der Waals surface area (Å²) in [4.78, 5) is 25.6. The Labute approximate surface area is 89.7 Å². The number of nitro groups is 1. The van der Waals surface area contributed by atoms with Crippen molar-refractivity contribution >= 4 is 11.7 Å². The van der Waals surface area contributed by atoms with Gasteiger partial charge in [0.2, 0.25) is 0 Å². The summed E-state index contributed by atoms with van der Waals surface area (Å²) in [5.74, 6) is -0.572. The fourth-order valence-electron chi connectivity index (χ4n) is 1.54. The molecule has 1 aromatic rings. The molecule has 2 rings (SSSR count). The summed E-state index contributed by atoms with van der Waals surface area (Å²) in [6, 6.07) is 3.53. The van der Waals surface area contributed by atoms with Crippen LogP contribution in [0.25, 0.3) is 0 Å². The average molecular weight is 224 g/mol. The van der Waals surface area contributed by atoms with E-state index in [2.05, 4.69) is 5.48 Å². The monoisotopic (exact) mass is 224 g/mol. The molecule has 0 aromatic heterocycles. The van der Waals surface area contributed by atoms with E-state index in [4.69, 9.17) is 9.94 Å². The van der Waals surface area contributed by atoms with Crippen molar-refractivity contribution in [3.63, 3.8) is 0 Å². The summed E-state index contributed by atoms with van der Waals surface area (Å²) in [5.41, 5.74) is 2.93. The van der Waals surface area contributed by atoms with E-state index in [1.165, 1.54) is 18.2 Å². The normalized spacial score (nSPS) is 17.6. The molecular formula is C9H8N2O5. The van der Waals surface area contributed by atoms with E-state index >= 15 is 0 Å². The standard InChI is InChI=1S/C9H8N2O5/c12-9(13)4-7-6-3-5(11(14)15)1-2-8(6)16-10-7/h1-3,7,10H,4H2,(H,12,13). The quantitative estimate of drug-likeness (QED) is 0.586. The lowest BCUT2D eigenvalue weighted by Gasteiger charge is -2.04. The Morgan fingerprint density at radius 3 is 3.00 bits per heavy atom. The second-order valence-electron chi connectivity index (χ2n) is 3.35. The first kappa shape index (κ1) is 10.4. The van der Waals surface area contributed by atoms with E-state index < -0.39 is 16.9 Å². The first-order valence-electron chi connectivity index (χ1n) is 4.50. The molecule has 1 aliphatic heterocycles. The molecule has 0 radical (unpaired) electrons. The van der Waals surface area contributed by atoms with Crippen LogP contribution in [-0.4, -0.2) is 16.0 Å². The van der Waals surface area contributed by atoms with Gasteiger partial charge in [-0.25, -0.2) is 0 Å². The van der Waals surface area contributed by atoms with Gasteiger partial charge in [0, 0.05) is 17.7 Å². The van der Waals surface area contributed by atoms with E-state index in [-0.39, 0.29) is 12.1 Å². The van der Waals surface area contributed by atoms with Gasteiger partial charge in [-0.05, 0) is 6.07 Å².